The third kappa shape index (κ3) is 3.23. The zero-order valence-corrected chi connectivity index (χ0v) is 10.5. The first-order chi connectivity index (χ1) is 8.79. The van der Waals surface area contributed by atoms with Gasteiger partial charge in [-0.2, -0.15) is 4.98 Å². The van der Waals surface area contributed by atoms with E-state index < -0.39 is 0 Å². The summed E-state index contributed by atoms with van der Waals surface area (Å²) in [7, 11) is 0. The van der Waals surface area contributed by atoms with E-state index in [0.717, 1.165) is 13.0 Å². The zero-order chi connectivity index (χ0) is 12.8. The molecule has 9 heteroatoms. The molecule has 2 rings (SSSR count). The van der Waals surface area contributed by atoms with Crippen LogP contribution >= 0.6 is 11.3 Å². The molecule has 2 aromatic heterocycles. The Balaban J connectivity index is 1.86. The standard InChI is InChI=1S/C9H12N6O2S/c1-2-3-10-9-14-13-8(18-9)7(16)11-4-6-12-5-17-15-6/h5H,2-4H2,1H3,(H,10,14)(H,11,16). The van der Waals surface area contributed by atoms with Gasteiger partial charge in [-0.3, -0.25) is 4.79 Å². The minimum Gasteiger partial charge on any atom is -0.360 e. The number of rotatable bonds is 6. The number of carbonyl (C=O) groups excluding carboxylic acids is 1. The lowest BCUT2D eigenvalue weighted by molar-refractivity contribution is 0.0948. The highest BCUT2D eigenvalue weighted by Gasteiger charge is 2.12. The second-order valence-electron chi connectivity index (χ2n) is 3.37. The maximum atomic E-state index is 11.7. The summed E-state index contributed by atoms with van der Waals surface area (Å²) in [5, 5.41) is 17.9. The topological polar surface area (TPSA) is 106 Å². The van der Waals surface area contributed by atoms with E-state index in [1.54, 1.807) is 0 Å². The molecule has 1 amide bonds. The zero-order valence-electron chi connectivity index (χ0n) is 9.71. The van der Waals surface area contributed by atoms with Gasteiger partial charge in [0.05, 0.1) is 6.54 Å². The molecule has 0 aromatic carbocycles. The van der Waals surface area contributed by atoms with Crippen molar-refractivity contribution in [2.45, 2.75) is 19.9 Å². The Morgan fingerprint density at radius 1 is 1.50 bits per heavy atom. The molecule has 0 fully saturated rings. The second-order valence-corrected chi connectivity index (χ2v) is 4.35. The van der Waals surface area contributed by atoms with Gasteiger partial charge in [0.2, 0.25) is 16.5 Å². The summed E-state index contributed by atoms with van der Waals surface area (Å²) < 4.78 is 4.55. The predicted octanol–water partition coefficient (Wildman–Crippen LogP) is 0.673. The van der Waals surface area contributed by atoms with Gasteiger partial charge in [0, 0.05) is 6.54 Å². The van der Waals surface area contributed by atoms with Crippen LogP contribution in [0.1, 0.15) is 29.0 Å². The van der Waals surface area contributed by atoms with Gasteiger partial charge in [0.15, 0.2) is 5.82 Å². The minimum atomic E-state index is -0.304. The molecule has 18 heavy (non-hydrogen) atoms. The van der Waals surface area contributed by atoms with Gasteiger partial charge < -0.3 is 15.2 Å². The molecule has 2 heterocycles. The maximum absolute atomic E-state index is 11.7. The molecule has 0 aliphatic rings. The largest absolute Gasteiger partial charge is 0.360 e. The third-order valence-corrected chi connectivity index (χ3v) is 2.84. The van der Waals surface area contributed by atoms with Crippen molar-refractivity contribution in [1.82, 2.24) is 25.7 Å². The summed E-state index contributed by atoms with van der Waals surface area (Å²) in [5.41, 5.74) is 0. The summed E-state index contributed by atoms with van der Waals surface area (Å²) in [6.45, 7) is 3.05. The third-order valence-electron chi connectivity index (χ3n) is 1.96. The van der Waals surface area contributed by atoms with Crippen LogP contribution in [0, 0.1) is 0 Å². The van der Waals surface area contributed by atoms with Crippen molar-refractivity contribution >= 4 is 22.4 Å². The second kappa shape index (κ2) is 6.05. The van der Waals surface area contributed by atoms with E-state index in [0.29, 0.717) is 16.0 Å². The average Bonchev–Trinajstić information content (AvgIpc) is 3.04. The summed E-state index contributed by atoms with van der Waals surface area (Å²) in [5.74, 6) is 0.110. The van der Waals surface area contributed by atoms with Crippen LogP contribution in [-0.2, 0) is 6.54 Å². The summed E-state index contributed by atoms with van der Waals surface area (Å²) in [6, 6.07) is 0. The summed E-state index contributed by atoms with van der Waals surface area (Å²) in [4.78, 5) is 15.5. The summed E-state index contributed by atoms with van der Waals surface area (Å²) >= 11 is 1.21. The summed E-state index contributed by atoms with van der Waals surface area (Å²) in [6.07, 6.45) is 2.19. The van der Waals surface area contributed by atoms with Crippen molar-refractivity contribution < 1.29 is 9.32 Å². The van der Waals surface area contributed by atoms with Crippen LogP contribution in [0.25, 0.3) is 0 Å². The molecule has 0 bridgehead atoms. The normalized spacial score (nSPS) is 10.3. The van der Waals surface area contributed by atoms with E-state index in [-0.39, 0.29) is 12.5 Å². The highest BCUT2D eigenvalue weighted by Crippen LogP contribution is 2.14. The predicted molar refractivity (Wildman–Crippen MR) is 64.2 cm³/mol. The Hall–Kier alpha value is -2.03. The first kappa shape index (κ1) is 12.4. The number of hydrogen-bond acceptors (Lipinski definition) is 8. The SMILES string of the molecule is CCCNc1nnc(C(=O)NCc2ncon2)s1. The molecular formula is C9H12N6O2S. The molecule has 0 atom stereocenters. The van der Waals surface area contributed by atoms with Crippen molar-refractivity contribution in [3.63, 3.8) is 0 Å². The molecule has 0 aliphatic carbocycles. The number of amides is 1. The van der Waals surface area contributed by atoms with E-state index in [4.69, 9.17) is 0 Å². The van der Waals surface area contributed by atoms with Gasteiger partial charge in [-0.25, -0.2) is 0 Å². The number of nitrogens with one attached hydrogen (secondary N) is 2. The van der Waals surface area contributed by atoms with E-state index in [1.165, 1.54) is 17.7 Å². The lowest BCUT2D eigenvalue weighted by Crippen LogP contribution is -2.23. The van der Waals surface area contributed by atoms with Crippen LogP contribution in [0.3, 0.4) is 0 Å². The minimum absolute atomic E-state index is 0.201. The molecule has 8 nitrogen and oxygen atoms in total. The Morgan fingerprint density at radius 2 is 2.39 bits per heavy atom. The monoisotopic (exact) mass is 268 g/mol. The lowest BCUT2D eigenvalue weighted by Gasteiger charge is -1.97. The van der Waals surface area contributed by atoms with Gasteiger partial charge in [0.1, 0.15) is 0 Å². The van der Waals surface area contributed by atoms with Crippen LogP contribution in [0.15, 0.2) is 10.9 Å². The van der Waals surface area contributed by atoms with Crippen LogP contribution in [0.4, 0.5) is 5.13 Å². The van der Waals surface area contributed by atoms with Gasteiger partial charge in [-0.1, -0.05) is 23.4 Å². The molecule has 0 spiro atoms. The van der Waals surface area contributed by atoms with Crippen molar-refractivity contribution in [3.05, 3.63) is 17.2 Å². The molecule has 0 saturated heterocycles. The van der Waals surface area contributed by atoms with Gasteiger partial charge in [-0.15, -0.1) is 10.2 Å². The van der Waals surface area contributed by atoms with Crippen LogP contribution in [0.5, 0.6) is 0 Å². The molecule has 0 radical (unpaired) electrons. The van der Waals surface area contributed by atoms with Gasteiger partial charge >= 0.3 is 0 Å². The average molecular weight is 268 g/mol. The Labute approximate surface area is 107 Å². The van der Waals surface area contributed by atoms with E-state index in [1.807, 2.05) is 6.92 Å². The highest BCUT2D eigenvalue weighted by atomic mass is 32.1. The van der Waals surface area contributed by atoms with Crippen LogP contribution in [-0.4, -0.2) is 32.8 Å². The maximum Gasteiger partial charge on any atom is 0.282 e. The number of carbonyl (C=O) groups is 1. The van der Waals surface area contributed by atoms with Crippen molar-refractivity contribution in [1.29, 1.82) is 0 Å². The van der Waals surface area contributed by atoms with Crippen LogP contribution < -0.4 is 10.6 Å². The molecule has 2 aromatic rings. The van der Waals surface area contributed by atoms with Gasteiger partial charge in [-0.05, 0) is 6.42 Å². The Kier molecular flexibility index (Phi) is 4.18. The smallest absolute Gasteiger partial charge is 0.282 e. The molecular weight excluding hydrogens is 256 g/mol. The van der Waals surface area contributed by atoms with Crippen molar-refractivity contribution in [2.24, 2.45) is 0 Å². The number of anilines is 1. The molecule has 96 valence electrons. The van der Waals surface area contributed by atoms with E-state index >= 15 is 0 Å². The molecule has 0 aliphatic heterocycles. The fourth-order valence-corrected chi connectivity index (χ4v) is 1.81. The van der Waals surface area contributed by atoms with Crippen molar-refractivity contribution in [2.75, 3.05) is 11.9 Å². The molecule has 2 N–H and O–H groups in total. The fraction of sp³-hybridized carbons (Fsp3) is 0.444. The Morgan fingerprint density at radius 3 is 3.11 bits per heavy atom. The van der Waals surface area contributed by atoms with E-state index in [9.17, 15) is 4.79 Å². The Bertz CT molecular complexity index is 497. The lowest BCUT2D eigenvalue weighted by atomic mass is 10.5. The number of hydrogen-bond donors (Lipinski definition) is 2. The fourth-order valence-electron chi connectivity index (χ4n) is 1.12. The van der Waals surface area contributed by atoms with Crippen molar-refractivity contribution in [3.8, 4) is 0 Å². The highest BCUT2D eigenvalue weighted by molar-refractivity contribution is 7.17. The quantitative estimate of drug-likeness (QED) is 0.793. The van der Waals surface area contributed by atoms with Crippen LogP contribution in [0.2, 0.25) is 0 Å². The van der Waals surface area contributed by atoms with E-state index in [2.05, 4.69) is 35.5 Å². The number of aromatic nitrogens is 4. The molecule has 0 saturated carbocycles. The molecule has 0 unspecified atom stereocenters. The first-order valence-corrected chi connectivity index (χ1v) is 6.22. The van der Waals surface area contributed by atoms with Gasteiger partial charge in [0.25, 0.3) is 5.91 Å². The first-order valence-electron chi connectivity index (χ1n) is 5.40. The number of nitrogens with zero attached hydrogens (tertiary/aromatic N) is 4.